The number of thiazole rings is 1. The highest BCUT2D eigenvalue weighted by molar-refractivity contribution is 7.07. The lowest BCUT2D eigenvalue weighted by molar-refractivity contribution is -0.143. The molecule has 8 heteroatoms. The smallest absolute Gasteiger partial charge is 0.338 e. The lowest BCUT2D eigenvalue weighted by Gasteiger charge is -2.25. The number of H-pyrrole nitrogens is 1. The Kier molecular flexibility index (Phi) is 7.40. The molecule has 0 radical (unpaired) electrons. The number of aromatic amines is 1. The van der Waals surface area contributed by atoms with E-state index in [4.69, 9.17) is 14.5 Å². The minimum absolute atomic E-state index is 0.218. The molecule has 0 amide bonds. The van der Waals surface area contributed by atoms with Gasteiger partial charge in [-0.1, -0.05) is 65.4 Å². The number of allylic oxidation sites excluding steroid dienone is 1. The van der Waals surface area contributed by atoms with Gasteiger partial charge in [-0.15, -0.1) is 0 Å². The van der Waals surface area contributed by atoms with Gasteiger partial charge < -0.3 is 14.5 Å². The predicted octanol–water partition coefficient (Wildman–Crippen LogP) is 5.96. The minimum Gasteiger partial charge on any atom is -0.497 e. The molecule has 2 aromatic heterocycles. The number of carbonyl (C=O) groups excluding carboxylic acids is 1. The Morgan fingerprint density at radius 3 is 2.44 bits per heavy atom. The van der Waals surface area contributed by atoms with Gasteiger partial charge in [-0.3, -0.25) is 9.36 Å². The number of benzene rings is 3. The topological polar surface area (TPSA) is 85.7 Å². The summed E-state index contributed by atoms with van der Waals surface area (Å²) in [5, 5.41) is 1.05. The summed E-state index contributed by atoms with van der Waals surface area (Å²) in [4.78, 5) is 36.7. The summed E-state index contributed by atoms with van der Waals surface area (Å²) in [5.74, 6) is 0.196. The van der Waals surface area contributed by atoms with Crippen LogP contribution in [0.3, 0.4) is 0 Å². The van der Waals surface area contributed by atoms with Crippen molar-refractivity contribution in [3.63, 3.8) is 0 Å². The average molecular weight is 592 g/mol. The molecule has 1 N–H and O–H groups in total. The molecular formula is C35H33N3O4S. The van der Waals surface area contributed by atoms with Crippen LogP contribution in [0.15, 0.2) is 87.8 Å². The molecule has 0 unspecified atom stereocenters. The molecule has 0 bridgehead atoms. The number of ether oxygens (including phenoxy) is 2. The number of aryl methyl sites for hydroxylation is 2. The van der Waals surface area contributed by atoms with E-state index in [-0.39, 0.29) is 11.7 Å². The predicted molar refractivity (Wildman–Crippen MR) is 171 cm³/mol. The van der Waals surface area contributed by atoms with Gasteiger partial charge in [0.1, 0.15) is 5.75 Å². The highest BCUT2D eigenvalue weighted by atomic mass is 32.1. The van der Waals surface area contributed by atoms with Crippen LogP contribution in [0.25, 0.3) is 28.2 Å². The van der Waals surface area contributed by atoms with Crippen LogP contribution in [0.2, 0.25) is 0 Å². The second-order valence-corrected chi connectivity index (χ2v) is 12.1. The van der Waals surface area contributed by atoms with E-state index in [0.717, 1.165) is 44.4 Å². The van der Waals surface area contributed by atoms with Crippen molar-refractivity contribution in [2.75, 3.05) is 7.11 Å². The summed E-state index contributed by atoms with van der Waals surface area (Å²) in [6, 6.07) is 21.1. The number of esters is 1. The summed E-state index contributed by atoms with van der Waals surface area (Å²) in [6.45, 7) is 9.58. The fraction of sp³-hybridized carbons (Fsp3) is 0.229. The molecule has 1 aliphatic heterocycles. The van der Waals surface area contributed by atoms with Crippen LogP contribution in [0.1, 0.15) is 49.1 Å². The summed E-state index contributed by atoms with van der Waals surface area (Å²) in [5.41, 5.74) is 7.65. The fourth-order valence-corrected chi connectivity index (χ4v) is 6.78. The summed E-state index contributed by atoms with van der Waals surface area (Å²) in [7, 11) is 1.60. The molecule has 3 heterocycles. The lowest BCUT2D eigenvalue weighted by Crippen LogP contribution is -2.40. The van der Waals surface area contributed by atoms with Crippen LogP contribution in [-0.2, 0) is 9.53 Å². The van der Waals surface area contributed by atoms with Crippen molar-refractivity contribution in [2.45, 2.75) is 46.8 Å². The van der Waals surface area contributed by atoms with Crippen molar-refractivity contribution in [1.29, 1.82) is 0 Å². The van der Waals surface area contributed by atoms with Crippen LogP contribution in [0.4, 0.5) is 0 Å². The van der Waals surface area contributed by atoms with Gasteiger partial charge >= 0.3 is 5.97 Å². The zero-order valence-corrected chi connectivity index (χ0v) is 25.8. The molecule has 3 aromatic carbocycles. The molecule has 43 heavy (non-hydrogen) atoms. The maximum Gasteiger partial charge on any atom is 0.338 e. The van der Waals surface area contributed by atoms with Crippen molar-refractivity contribution >= 4 is 34.3 Å². The zero-order valence-electron chi connectivity index (χ0n) is 25.0. The first-order chi connectivity index (χ1) is 20.7. The molecule has 1 aliphatic rings. The third kappa shape index (κ3) is 5.12. The monoisotopic (exact) mass is 591 g/mol. The molecule has 0 aliphatic carbocycles. The number of carbonyl (C=O) groups is 1. The molecule has 7 nitrogen and oxygen atoms in total. The number of nitrogens with zero attached hydrogens (tertiary/aromatic N) is 2. The molecule has 6 rings (SSSR count). The Bertz CT molecular complexity index is 2080. The van der Waals surface area contributed by atoms with Gasteiger partial charge in [0.2, 0.25) is 0 Å². The Labute approximate surface area is 253 Å². The van der Waals surface area contributed by atoms with Crippen molar-refractivity contribution in [2.24, 2.45) is 4.99 Å². The normalized spacial score (nSPS) is 15.1. The number of aromatic nitrogens is 2. The van der Waals surface area contributed by atoms with Crippen molar-refractivity contribution < 1.29 is 14.3 Å². The number of nitrogens with one attached hydrogen (secondary N) is 1. The van der Waals surface area contributed by atoms with Crippen LogP contribution in [0.5, 0.6) is 5.75 Å². The Hall–Kier alpha value is -4.69. The van der Waals surface area contributed by atoms with E-state index in [1.54, 1.807) is 32.4 Å². The Balaban J connectivity index is 1.61. The van der Waals surface area contributed by atoms with Crippen molar-refractivity contribution in [3.05, 3.63) is 120 Å². The van der Waals surface area contributed by atoms with Crippen molar-refractivity contribution in [1.82, 2.24) is 9.55 Å². The Morgan fingerprint density at radius 2 is 1.77 bits per heavy atom. The lowest BCUT2D eigenvalue weighted by atomic mass is 9.96. The van der Waals surface area contributed by atoms with Gasteiger partial charge in [-0.25, -0.2) is 9.79 Å². The van der Waals surface area contributed by atoms with Gasteiger partial charge in [-0.2, -0.15) is 0 Å². The largest absolute Gasteiger partial charge is 0.497 e. The third-order valence-electron chi connectivity index (χ3n) is 7.64. The second kappa shape index (κ2) is 11.2. The van der Waals surface area contributed by atoms with E-state index in [1.807, 2.05) is 48.5 Å². The number of rotatable bonds is 6. The van der Waals surface area contributed by atoms with E-state index in [2.05, 4.69) is 43.1 Å². The van der Waals surface area contributed by atoms with Gasteiger partial charge in [0, 0.05) is 16.5 Å². The third-order valence-corrected chi connectivity index (χ3v) is 8.63. The van der Waals surface area contributed by atoms with Crippen LogP contribution in [0, 0.1) is 13.8 Å². The van der Waals surface area contributed by atoms with Gasteiger partial charge in [0.25, 0.3) is 5.56 Å². The van der Waals surface area contributed by atoms with E-state index in [0.29, 0.717) is 26.4 Å². The molecule has 0 saturated heterocycles. The first-order valence-corrected chi connectivity index (χ1v) is 15.0. The van der Waals surface area contributed by atoms with E-state index in [1.165, 1.54) is 11.3 Å². The molecule has 1 atom stereocenters. The van der Waals surface area contributed by atoms with E-state index in [9.17, 15) is 9.59 Å². The minimum atomic E-state index is -0.698. The van der Waals surface area contributed by atoms with Crippen LogP contribution in [-0.4, -0.2) is 28.7 Å². The first-order valence-electron chi connectivity index (χ1n) is 14.2. The summed E-state index contributed by atoms with van der Waals surface area (Å²) in [6.07, 6.45) is 1.64. The molecular weight excluding hydrogens is 558 g/mol. The number of hydrogen-bond acceptors (Lipinski definition) is 6. The van der Waals surface area contributed by atoms with Crippen molar-refractivity contribution in [3.8, 4) is 17.0 Å². The number of hydrogen-bond donors (Lipinski definition) is 1. The molecule has 5 aromatic rings. The summed E-state index contributed by atoms with van der Waals surface area (Å²) < 4.78 is 13.1. The molecule has 0 spiro atoms. The fourth-order valence-electron chi connectivity index (χ4n) is 5.75. The highest BCUT2D eigenvalue weighted by Gasteiger charge is 2.34. The SMILES string of the molecule is COc1ccc([C@H]2C(C(=O)OC(C)C)=C(C)N=c3s/c(=C/c4c(-c5ccccc5)[nH]c5c(C)cc(C)cc45)c(=O)n32)cc1. The molecule has 0 fully saturated rings. The van der Waals surface area contributed by atoms with Crippen LogP contribution < -0.4 is 19.6 Å². The molecule has 0 saturated carbocycles. The average Bonchev–Trinajstić information content (AvgIpc) is 3.49. The zero-order chi connectivity index (χ0) is 30.4. The maximum absolute atomic E-state index is 14.3. The number of methoxy groups -OCH3 is 1. The molecule has 218 valence electrons. The van der Waals surface area contributed by atoms with Crippen LogP contribution >= 0.6 is 11.3 Å². The standard InChI is InChI=1S/C35H33N3O4S/c1-19(2)42-34(40)29-22(5)36-35-38(32(29)24-12-14-25(41-6)15-13-24)33(39)28(43-35)18-27-26-17-20(3)16-21(4)30(26)37-31(27)23-10-8-7-9-11-23/h7-19,32,37H,1-6H3/b28-18+/t32-/m0/s1. The second-order valence-electron chi connectivity index (χ2n) is 11.1. The highest BCUT2D eigenvalue weighted by Crippen LogP contribution is 2.34. The van der Waals surface area contributed by atoms with E-state index < -0.39 is 12.0 Å². The van der Waals surface area contributed by atoms with E-state index >= 15 is 0 Å². The van der Waals surface area contributed by atoms with Gasteiger partial charge in [0.05, 0.1) is 40.8 Å². The Morgan fingerprint density at radius 1 is 1.05 bits per heavy atom. The van der Waals surface area contributed by atoms with Gasteiger partial charge in [0.15, 0.2) is 4.80 Å². The first kappa shape index (κ1) is 28.4. The quantitative estimate of drug-likeness (QED) is 0.247. The number of fused-ring (bicyclic) bond motifs is 2. The van der Waals surface area contributed by atoms with Gasteiger partial charge in [-0.05, 0) is 75.6 Å². The summed E-state index contributed by atoms with van der Waals surface area (Å²) >= 11 is 1.32. The maximum atomic E-state index is 14.3.